The van der Waals surface area contributed by atoms with Crippen LogP contribution in [0.4, 0.5) is 8.78 Å². The van der Waals surface area contributed by atoms with Gasteiger partial charge >= 0.3 is 0 Å². The van der Waals surface area contributed by atoms with Gasteiger partial charge < -0.3 is 5.32 Å². The van der Waals surface area contributed by atoms with E-state index in [0.717, 1.165) is 18.2 Å². The number of nitrogens with one attached hydrogen (secondary N) is 1. The molecule has 16 heavy (non-hydrogen) atoms. The maximum absolute atomic E-state index is 12.8. The van der Waals surface area contributed by atoms with Crippen LogP contribution in [0.5, 0.6) is 0 Å². The van der Waals surface area contributed by atoms with E-state index >= 15 is 0 Å². The molecule has 0 radical (unpaired) electrons. The van der Waals surface area contributed by atoms with Crippen molar-refractivity contribution in [3.05, 3.63) is 35.4 Å². The summed E-state index contributed by atoms with van der Waals surface area (Å²) < 4.78 is 25.6. The predicted octanol–water partition coefficient (Wildman–Crippen LogP) is 2.11. The Kier molecular flexibility index (Phi) is 4.46. The van der Waals surface area contributed by atoms with E-state index < -0.39 is 17.5 Å². The molecule has 0 aliphatic rings. The van der Waals surface area contributed by atoms with Crippen molar-refractivity contribution in [2.24, 2.45) is 0 Å². The Morgan fingerprint density at radius 1 is 1.31 bits per heavy atom. The summed E-state index contributed by atoms with van der Waals surface area (Å²) in [6, 6.07) is 2.70. The van der Waals surface area contributed by atoms with E-state index in [9.17, 15) is 13.6 Å². The Bertz CT molecular complexity index is 426. The molecule has 0 heterocycles. The molecular weight excluding hydrogens is 212 g/mol. The summed E-state index contributed by atoms with van der Waals surface area (Å²) in [5.74, 6) is 3.41. The highest BCUT2D eigenvalue weighted by molar-refractivity contribution is 5.94. The topological polar surface area (TPSA) is 29.1 Å². The zero-order valence-corrected chi connectivity index (χ0v) is 8.81. The van der Waals surface area contributed by atoms with Crippen molar-refractivity contribution in [1.82, 2.24) is 5.32 Å². The minimum absolute atomic E-state index is 0.0260. The van der Waals surface area contributed by atoms with Crippen LogP contribution in [0.2, 0.25) is 0 Å². The van der Waals surface area contributed by atoms with Gasteiger partial charge in [-0.1, -0.05) is 0 Å². The second-order valence-electron chi connectivity index (χ2n) is 3.09. The summed E-state index contributed by atoms with van der Waals surface area (Å²) in [5, 5.41) is 2.51. The van der Waals surface area contributed by atoms with Crippen molar-refractivity contribution in [2.75, 3.05) is 6.54 Å². The fraction of sp³-hybridized carbons (Fsp3) is 0.250. The Hall–Kier alpha value is -1.89. The van der Waals surface area contributed by atoms with Gasteiger partial charge in [-0.2, -0.15) is 0 Å². The third-order valence-electron chi connectivity index (χ3n) is 1.84. The molecule has 0 bridgehead atoms. The molecule has 0 fully saturated rings. The van der Waals surface area contributed by atoms with Crippen LogP contribution in [0, 0.1) is 23.5 Å². The highest BCUT2D eigenvalue weighted by atomic mass is 19.1. The highest BCUT2D eigenvalue weighted by Crippen LogP contribution is 2.07. The van der Waals surface area contributed by atoms with Crippen LogP contribution in [0.1, 0.15) is 23.7 Å². The highest BCUT2D eigenvalue weighted by Gasteiger charge is 2.07. The van der Waals surface area contributed by atoms with Gasteiger partial charge in [0.25, 0.3) is 5.91 Å². The summed E-state index contributed by atoms with van der Waals surface area (Å²) >= 11 is 0. The Balaban J connectivity index is 2.61. The first-order valence-electron chi connectivity index (χ1n) is 4.77. The van der Waals surface area contributed by atoms with E-state index in [1.807, 2.05) is 0 Å². The van der Waals surface area contributed by atoms with Crippen molar-refractivity contribution >= 4 is 5.91 Å². The van der Waals surface area contributed by atoms with Crippen molar-refractivity contribution < 1.29 is 13.6 Å². The molecule has 0 spiro atoms. The molecule has 0 aliphatic carbocycles. The van der Waals surface area contributed by atoms with Crippen molar-refractivity contribution in [3.8, 4) is 11.8 Å². The molecule has 1 amide bonds. The lowest BCUT2D eigenvalue weighted by atomic mass is 10.2. The standard InChI is InChI=1S/C12H11F2NO/c1-2-3-4-5-15-12(16)9-6-10(13)8-11(14)7-9/h6-8H,4-5H2,1H3,(H,15,16). The van der Waals surface area contributed by atoms with E-state index in [0.29, 0.717) is 13.0 Å². The summed E-state index contributed by atoms with van der Waals surface area (Å²) in [6.07, 6.45) is 0.514. The van der Waals surface area contributed by atoms with Gasteiger partial charge in [0.05, 0.1) is 0 Å². The molecule has 1 aromatic rings. The van der Waals surface area contributed by atoms with E-state index in [1.54, 1.807) is 6.92 Å². The van der Waals surface area contributed by atoms with E-state index in [1.165, 1.54) is 0 Å². The summed E-state index contributed by atoms with van der Waals surface area (Å²) in [6.45, 7) is 2.06. The van der Waals surface area contributed by atoms with Crippen LogP contribution in [-0.4, -0.2) is 12.5 Å². The zero-order chi connectivity index (χ0) is 12.0. The number of hydrogen-bond donors (Lipinski definition) is 1. The van der Waals surface area contributed by atoms with Crippen LogP contribution in [0.15, 0.2) is 18.2 Å². The first-order valence-corrected chi connectivity index (χ1v) is 4.77. The van der Waals surface area contributed by atoms with Crippen LogP contribution >= 0.6 is 0 Å². The Morgan fingerprint density at radius 2 is 1.94 bits per heavy atom. The Morgan fingerprint density at radius 3 is 2.50 bits per heavy atom. The second kappa shape index (κ2) is 5.86. The van der Waals surface area contributed by atoms with Crippen molar-refractivity contribution in [3.63, 3.8) is 0 Å². The number of carbonyl (C=O) groups is 1. The molecule has 0 saturated heterocycles. The third-order valence-corrected chi connectivity index (χ3v) is 1.84. The average Bonchev–Trinajstić information content (AvgIpc) is 2.22. The lowest BCUT2D eigenvalue weighted by molar-refractivity contribution is 0.0953. The largest absolute Gasteiger partial charge is 0.351 e. The molecule has 1 rings (SSSR count). The number of carbonyl (C=O) groups excluding carboxylic acids is 1. The minimum Gasteiger partial charge on any atom is -0.351 e. The van der Waals surface area contributed by atoms with E-state index in [2.05, 4.69) is 17.2 Å². The van der Waals surface area contributed by atoms with Crippen molar-refractivity contribution in [1.29, 1.82) is 0 Å². The maximum Gasteiger partial charge on any atom is 0.251 e. The van der Waals surface area contributed by atoms with Crippen LogP contribution < -0.4 is 5.32 Å². The first-order chi connectivity index (χ1) is 7.63. The molecule has 84 valence electrons. The van der Waals surface area contributed by atoms with Crippen LogP contribution in [0.3, 0.4) is 0 Å². The van der Waals surface area contributed by atoms with Gasteiger partial charge in [0.2, 0.25) is 0 Å². The van der Waals surface area contributed by atoms with Gasteiger partial charge in [-0.15, -0.1) is 11.8 Å². The Labute approximate surface area is 92.7 Å². The molecule has 0 aromatic heterocycles. The predicted molar refractivity (Wildman–Crippen MR) is 56.8 cm³/mol. The smallest absolute Gasteiger partial charge is 0.251 e. The average molecular weight is 223 g/mol. The third kappa shape index (κ3) is 3.70. The summed E-state index contributed by atoms with van der Waals surface area (Å²) in [5.41, 5.74) is -0.0260. The van der Waals surface area contributed by atoms with Gasteiger partial charge in [0.1, 0.15) is 11.6 Å². The molecule has 1 N–H and O–H groups in total. The molecule has 0 unspecified atom stereocenters. The molecular formula is C12H11F2NO. The maximum atomic E-state index is 12.8. The number of benzene rings is 1. The van der Waals surface area contributed by atoms with E-state index in [4.69, 9.17) is 0 Å². The molecule has 0 aliphatic heterocycles. The van der Waals surface area contributed by atoms with Gasteiger partial charge in [0.15, 0.2) is 0 Å². The van der Waals surface area contributed by atoms with Crippen LogP contribution in [-0.2, 0) is 0 Å². The monoisotopic (exact) mass is 223 g/mol. The number of hydrogen-bond acceptors (Lipinski definition) is 1. The van der Waals surface area contributed by atoms with Gasteiger partial charge in [0, 0.05) is 24.6 Å². The van der Waals surface area contributed by atoms with Crippen molar-refractivity contribution in [2.45, 2.75) is 13.3 Å². The molecule has 4 heteroatoms. The van der Waals surface area contributed by atoms with Gasteiger partial charge in [-0.25, -0.2) is 8.78 Å². The zero-order valence-electron chi connectivity index (χ0n) is 8.81. The molecule has 0 saturated carbocycles. The van der Waals surface area contributed by atoms with Crippen LogP contribution in [0.25, 0.3) is 0 Å². The molecule has 0 atom stereocenters. The first kappa shape index (κ1) is 12.2. The number of halogens is 2. The summed E-state index contributed by atoms with van der Waals surface area (Å²) in [7, 11) is 0. The lowest BCUT2D eigenvalue weighted by Crippen LogP contribution is -2.24. The molecule has 1 aromatic carbocycles. The van der Waals surface area contributed by atoms with Gasteiger partial charge in [-0.3, -0.25) is 4.79 Å². The lowest BCUT2D eigenvalue weighted by Gasteiger charge is -2.03. The molecule has 2 nitrogen and oxygen atoms in total. The van der Waals surface area contributed by atoms with E-state index in [-0.39, 0.29) is 5.56 Å². The SMILES string of the molecule is CC#CCCNC(=O)c1cc(F)cc(F)c1. The summed E-state index contributed by atoms with van der Waals surface area (Å²) in [4.78, 5) is 11.4. The fourth-order valence-electron chi connectivity index (χ4n) is 1.15. The normalized spacial score (nSPS) is 9.19. The number of amides is 1. The fourth-order valence-corrected chi connectivity index (χ4v) is 1.15. The second-order valence-corrected chi connectivity index (χ2v) is 3.09. The quantitative estimate of drug-likeness (QED) is 0.617. The number of rotatable bonds is 3. The minimum atomic E-state index is -0.765. The van der Waals surface area contributed by atoms with Gasteiger partial charge in [-0.05, 0) is 19.1 Å².